The van der Waals surface area contributed by atoms with E-state index in [1.54, 1.807) is 5.57 Å². The summed E-state index contributed by atoms with van der Waals surface area (Å²) in [7, 11) is 0. The van der Waals surface area contributed by atoms with Gasteiger partial charge in [-0.1, -0.05) is 56.9 Å². The van der Waals surface area contributed by atoms with Gasteiger partial charge in [0.25, 0.3) is 0 Å². The number of hydrogen-bond donors (Lipinski definition) is 3. The highest BCUT2D eigenvalue weighted by Crippen LogP contribution is 2.59. The van der Waals surface area contributed by atoms with Crippen molar-refractivity contribution in [3.63, 3.8) is 0 Å². The van der Waals surface area contributed by atoms with Crippen LogP contribution in [-0.2, 0) is 0 Å². The summed E-state index contributed by atoms with van der Waals surface area (Å²) in [4.78, 5) is 0. The molecule has 3 fully saturated rings. The molecule has 0 aromatic heterocycles. The first kappa shape index (κ1) is 23.0. The molecule has 3 aliphatic rings. The molecule has 0 saturated heterocycles. The first-order valence-electron chi connectivity index (χ1n) is 12.1. The molecular formula is C26H44O3. The van der Waals surface area contributed by atoms with Crippen molar-refractivity contribution in [2.24, 2.45) is 29.1 Å². The maximum Gasteiger partial charge on any atom is 0.0627 e. The van der Waals surface area contributed by atoms with Crippen molar-refractivity contribution in [2.45, 2.75) is 110 Å². The zero-order chi connectivity index (χ0) is 21.2. The van der Waals surface area contributed by atoms with Crippen LogP contribution in [-0.4, -0.2) is 33.6 Å². The summed E-state index contributed by atoms with van der Waals surface area (Å²) in [5, 5.41) is 30.0. The Balaban J connectivity index is 1.68. The van der Waals surface area contributed by atoms with E-state index in [2.05, 4.69) is 26.0 Å². The molecule has 0 spiro atoms. The molecule has 0 heterocycles. The molecule has 3 aliphatic carbocycles. The molecule has 2 unspecified atom stereocenters. The SMILES string of the molecule is CC1[C@H](O)CC(=CC=C2CCC[C@@]3(C)C2CCC3[C@@H](C)CCC[C@@H](C)O)C[C@H]1O. The van der Waals surface area contributed by atoms with Gasteiger partial charge in [0, 0.05) is 5.92 Å². The Morgan fingerprint density at radius 2 is 1.76 bits per heavy atom. The van der Waals surface area contributed by atoms with Crippen molar-refractivity contribution in [1.82, 2.24) is 0 Å². The van der Waals surface area contributed by atoms with Crippen LogP contribution in [0.2, 0.25) is 0 Å². The molecule has 0 bridgehead atoms. The minimum Gasteiger partial charge on any atom is -0.393 e. The molecule has 3 nitrogen and oxygen atoms in total. The van der Waals surface area contributed by atoms with Gasteiger partial charge in [-0.3, -0.25) is 0 Å². The fourth-order valence-electron chi connectivity index (χ4n) is 6.76. The zero-order valence-corrected chi connectivity index (χ0v) is 19.1. The van der Waals surface area contributed by atoms with Crippen LogP contribution in [0.25, 0.3) is 0 Å². The van der Waals surface area contributed by atoms with E-state index in [9.17, 15) is 15.3 Å². The van der Waals surface area contributed by atoms with Gasteiger partial charge in [0.15, 0.2) is 0 Å². The standard InChI is InChI=1S/C26H44O3/c1-17(7-5-8-18(2)27)22-12-13-23-21(9-6-14-26(22,23)4)11-10-20-15-24(28)19(3)25(29)16-20/h10-11,17-19,22-25,27-29H,5-9,12-16H2,1-4H3/t17-,18+,19?,22?,23?,24+,25+,26+/m0/s1. The number of fused-ring (bicyclic) bond motifs is 1. The molecule has 29 heavy (non-hydrogen) atoms. The largest absolute Gasteiger partial charge is 0.393 e. The molecule has 3 N–H and O–H groups in total. The molecular weight excluding hydrogens is 360 g/mol. The first-order chi connectivity index (χ1) is 13.7. The Kier molecular flexibility index (Phi) is 7.67. The maximum absolute atomic E-state index is 10.2. The molecule has 166 valence electrons. The van der Waals surface area contributed by atoms with E-state index in [0.29, 0.717) is 24.2 Å². The van der Waals surface area contributed by atoms with Crippen molar-refractivity contribution in [3.8, 4) is 0 Å². The Morgan fingerprint density at radius 1 is 1.07 bits per heavy atom. The second kappa shape index (κ2) is 9.66. The third-order valence-corrected chi connectivity index (χ3v) is 8.70. The monoisotopic (exact) mass is 404 g/mol. The number of hydrogen-bond acceptors (Lipinski definition) is 3. The zero-order valence-electron chi connectivity index (χ0n) is 19.1. The number of aliphatic hydroxyl groups excluding tert-OH is 3. The van der Waals surface area contributed by atoms with E-state index >= 15 is 0 Å². The van der Waals surface area contributed by atoms with Gasteiger partial charge in [0.1, 0.15) is 0 Å². The highest BCUT2D eigenvalue weighted by atomic mass is 16.3. The minimum absolute atomic E-state index is 0.0244. The Labute approximate surface area is 178 Å². The molecule has 3 heteroatoms. The fourth-order valence-corrected chi connectivity index (χ4v) is 6.76. The highest BCUT2D eigenvalue weighted by Gasteiger charge is 2.50. The van der Waals surface area contributed by atoms with Gasteiger partial charge in [-0.2, -0.15) is 0 Å². The first-order valence-corrected chi connectivity index (χ1v) is 12.1. The molecule has 0 radical (unpaired) electrons. The van der Waals surface area contributed by atoms with Crippen LogP contribution in [0.5, 0.6) is 0 Å². The predicted molar refractivity (Wildman–Crippen MR) is 119 cm³/mol. The van der Waals surface area contributed by atoms with Crippen LogP contribution in [0.1, 0.15) is 91.9 Å². The Morgan fingerprint density at radius 3 is 2.41 bits per heavy atom. The molecule has 3 rings (SSSR count). The molecule has 0 aromatic carbocycles. The Hall–Kier alpha value is -0.640. The lowest BCUT2D eigenvalue weighted by atomic mass is 9.60. The molecule has 0 aromatic rings. The van der Waals surface area contributed by atoms with E-state index in [4.69, 9.17) is 0 Å². The normalized spacial score (nSPS) is 41.3. The Bertz CT molecular complexity index is 593. The van der Waals surface area contributed by atoms with Crippen LogP contribution in [0.4, 0.5) is 0 Å². The van der Waals surface area contributed by atoms with Crippen molar-refractivity contribution in [1.29, 1.82) is 0 Å². The third-order valence-electron chi connectivity index (χ3n) is 8.70. The van der Waals surface area contributed by atoms with Gasteiger partial charge in [-0.15, -0.1) is 0 Å². The molecule has 0 amide bonds. The van der Waals surface area contributed by atoms with E-state index in [1.807, 2.05) is 13.8 Å². The van der Waals surface area contributed by atoms with Crippen molar-refractivity contribution < 1.29 is 15.3 Å². The second-order valence-electron chi connectivity index (χ2n) is 10.8. The van der Waals surface area contributed by atoms with Gasteiger partial charge < -0.3 is 15.3 Å². The van der Waals surface area contributed by atoms with Crippen molar-refractivity contribution in [3.05, 3.63) is 23.3 Å². The third kappa shape index (κ3) is 5.17. The number of rotatable bonds is 6. The lowest BCUT2D eigenvalue weighted by Crippen LogP contribution is -2.36. The van der Waals surface area contributed by atoms with Crippen molar-refractivity contribution >= 4 is 0 Å². The lowest BCUT2D eigenvalue weighted by Gasteiger charge is -2.44. The topological polar surface area (TPSA) is 60.7 Å². The summed E-state index contributed by atoms with van der Waals surface area (Å²) in [5.74, 6) is 2.18. The van der Waals surface area contributed by atoms with Crippen LogP contribution in [0.15, 0.2) is 23.3 Å². The number of aliphatic hydroxyl groups is 3. The van der Waals surface area contributed by atoms with Gasteiger partial charge in [0.05, 0.1) is 18.3 Å². The summed E-state index contributed by atoms with van der Waals surface area (Å²) in [6.07, 6.45) is 14.7. The highest BCUT2D eigenvalue weighted by molar-refractivity contribution is 5.26. The quantitative estimate of drug-likeness (QED) is 0.556. The van der Waals surface area contributed by atoms with Gasteiger partial charge >= 0.3 is 0 Å². The van der Waals surface area contributed by atoms with E-state index in [0.717, 1.165) is 24.7 Å². The van der Waals surface area contributed by atoms with E-state index < -0.39 is 12.2 Å². The van der Waals surface area contributed by atoms with Gasteiger partial charge in [0.2, 0.25) is 0 Å². The molecule has 0 aliphatic heterocycles. The summed E-state index contributed by atoms with van der Waals surface area (Å²) in [6.45, 7) is 8.82. The average molecular weight is 405 g/mol. The van der Waals surface area contributed by atoms with Crippen LogP contribution in [0, 0.1) is 29.1 Å². The average Bonchev–Trinajstić information content (AvgIpc) is 3.01. The second-order valence-corrected chi connectivity index (χ2v) is 10.8. The van der Waals surface area contributed by atoms with Crippen LogP contribution < -0.4 is 0 Å². The van der Waals surface area contributed by atoms with E-state index in [1.165, 1.54) is 44.1 Å². The summed E-state index contributed by atoms with van der Waals surface area (Å²) in [6, 6.07) is 0. The van der Waals surface area contributed by atoms with Crippen LogP contribution >= 0.6 is 0 Å². The molecule has 3 saturated carbocycles. The van der Waals surface area contributed by atoms with Gasteiger partial charge in [-0.05, 0) is 81.5 Å². The fraction of sp³-hybridized carbons (Fsp3) is 0.846. The smallest absolute Gasteiger partial charge is 0.0627 e. The molecule has 7 atom stereocenters. The van der Waals surface area contributed by atoms with Crippen molar-refractivity contribution in [2.75, 3.05) is 0 Å². The minimum atomic E-state index is -0.418. The van der Waals surface area contributed by atoms with Gasteiger partial charge in [-0.25, -0.2) is 0 Å². The maximum atomic E-state index is 10.2. The number of allylic oxidation sites excluding steroid dienone is 3. The van der Waals surface area contributed by atoms with E-state index in [-0.39, 0.29) is 12.0 Å². The van der Waals surface area contributed by atoms with Crippen LogP contribution in [0.3, 0.4) is 0 Å². The summed E-state index contributed by atoms with van der Waals surface area (Å²) < 4.78 is 0. The predicted octanol–water partition coefficient (Wildman–Crippen LogP) is 5.39. The lowest BCUT2D eigenvalue weighted by molar-refractivity contribution is 0.00406. The summed E-state index contributed by atoms with van der Waals surface area (Å²) in [5.41, 5.74) is 3.21. The summed E-state index contributed by atoms with van der Waals surface area (Å²) >= 11 is 0.